The van der Waals surface area contributed by atoms with Crippen LogP contribution >= 0.6 is 0 Å². The fourth-order valence-electron chi connectivity index (χ4n) is 2.91. The summed E-state index contributed by atoms with van der Waals surface area (Å²) in [6, 6.07) is 0. The van der Waals surface area contributed by atoms with Gasteiger partial charge in [0.1, 0.15) is 0 Å². The van der Waals surface area contributed by atoms with Crippen LogP contribution in [0, 0.1) is 11.8 Å². The van der Waals surface area contributed by atoms with Crippen molar-refractivity contribution >= 4 is 0 Å². The van der Waals surface area contributed by atoms with Gasteiger partial charge in [-0.1, -0.05) is 61.4 Å². The molecule has 0 radical (unpaired) electrons. The smallest absolute Gasteiger partial charge is 0.0625 e. The van der Waals surface area contributed by atoms with Crippen LogP contribution in [0.15, 0.2) is 47.6 Å². The Morgan fingerprint density at radius 2 is 1.96 bits per heavy atom. The van der Waals surface area contributed by atoms with Gasteiger partial charge < -0.3 is 5.11 Å². The standard InChI is InChI=1S/C22H36O/c1-6-7-8-10-18(2)11-9-15-22(5,23)16-14-21-13-12-19(3)20(4)17-21/h6-7,11-13,17,19-20,23H,8-10,14-16H2,1-5H3/b7-6-,18-11+. The molecule has 130 valence electrons. The molecule has 0 fully saturated rings. The maximum absolute atomic E-state index is 10.6. The monoisotopic (exact) mass is 316 g/mol. The van der Waals surface area contributed by atoms with Crippen LogP contribution in [0.1, 0.15) is 73.1 Å². The molecule has 1 aliphatic carbocycles. The summed E-state index contributed by atoms with van der Waals surface area (Å²) in [5.41, 5.74) is 2.25. The predicted molar refractivity (Wildman–Crippen MR) is 102 cm³/mol. The maximum Gasteiger partial charge on any atom is 0.0625 e. The van der Waals surface area contributed by atoms with Gasteiger partial charge in [-0.05, 0) is 71.1 Å². The maximum atomic E-state index is 10.6. The average Bonchev–Trinajstić information content (AvgIpc) is 2.49. The second-order valence-corrected chi connectivity index (χ2v) is 7.51. The molecule has 1 heteroatoms. The largest absolute Gasteiger partial charge is 0.390 e. The molecule has 0 aromatic heterocycles. The highest BCUT2D eigenvalue weighted by atomic mass is 16.3. The Kier molecular flexibility index (Phi) is 8.62. The average molecular weight is 317 g/mol. The molecule has 3 unspecified atom stereocenters. The Balaban J connectivity index is 2.34. The lowest BCUT2D eigenvalue weighted by molar-refractivity contribution is 0.0434. The third-order valence-corrected chi connectivity index (χ3v) is 4.99. The molecule has 0 saturated carbocycles. The molecule has 0 spiro atoms. The molecule has 0 bridgehead atoms. The zero-order valence-electron chi connectivity index (χ0n) is 15.8. The summed E-state index contributed by atoms with van der Waals surface area (Å²) in [7, 11) is 0. The highest BCUT2D eigenvalue weighted by molar-refractivity contribution is 5.25. The van der Waals surface area contributed by atoms with Gasteiger partial charge in [0.2, 0.25) is 0 Å². The molecule has 23 heavy (non-hydrogen) atoms. The minimum atomic E-state index is -0.568. The summed E-state index contributed by atoms with van der Waals surface area (Å²) in [5, 5.41) is 10.6. The van der Waals surface area contributed by atoms with Crippen LogP contribution < -0.4 is 0 Å². The molecular formula is C22H36O. The normalized spacial score (nSPS) is 24.8. The van der Waals surface area contributed by atoms with Gasteiger partial charge in [0.15, 0.2) is 0 Å². The van der Waals surface area contributed by atoms with E-state index >= 15 is 0 Å². The SMILES string of the molecule is C/C=C\CC/C(C)=C/CCC(C)(O)CCC1=CC(C)C(C)C=C1. The van der Waals surface area contributed by atoms with E-state index in [4.69, 9.17) is 0 Å². The van der Waals surface area contributed by atoms with Crippen molar-refractivity contribution < 1.29 is 5.11 Å². The number of aliphatic hydroxyl groups is 1. The molecule has 0 aromatic carbocycles. The molecule has 0 aliphatic heterocycles. The van der Waals surface area contributed by atoms with E-state index in [1.54, 1.807) is 0 Å². The summed E-state index contributed by atoms with van der Waals surface area (Å²) < 4.78 is 0. The van der Waals surface area contributed by atoms with Crippen LogP contribution in [0.3, 0.4) is 0 Å². The lowest BCUT2D eigenvalue weighted by atomic mass is 9.85. The molecule has 0 saturated heterocycles. The van der Waals surface area contributed by atoms with Gasteiger partial charge in [0, 0.05) is 0 Å². The van der Waals surface area contributed by atoms with Crippen LogP contribution in [-0.4, -0.2) is 10.7 Å². The van der Waals surface area contributed by atoms with Crippen LogP contribution in [0.4, 0.5) is 0 Å². The topological polar surface area (TPSA) is 20.2 Å². The minimum absolute atomic E-state index is 0.568. The third-order valence-electron chi connectivity index (χ3n) is 4.99. The summed E-state index contributed by atoms with van der Waals surface area (Å²) in [6.07, 6.45) is 19.4. The molecule has 1 N–H and O–H groups in total. The van der Waals surface area contributed by atoms with Crippen molar-refractivity contribution in [1.82, 2.24) is 0 Å². The van der Waals surface area contributed by atoms with Gasteiger partial charge in [-0.25, -0.2) is 0 Å². The van der Waals surface area contributed by atoms with Crippen molar-refractivity contribution in [2.45, 2.75) is 78.7 Å². The summed E-state index contributed by atoms with van der Waals surface area (Å²) >= 11 is 0. The van der Waals surface area contributed by atoms with Crippen molar-refractivity contribution in [3.63, 3.8) is 0 Å². The van der Waals surface area contributed by atoms with E-state index < -0.39 is 5.60 Å². The van der Waals surface area contributed by atoms with E-state index in [0.717, 1.165) is 38.5 Å². The first-order chi connectivity index (χ1) is 10.8. The van der Waals surface area contributed by atoms with Gasteiger partial charge in [-0.15, -0.1) is 0 Å². The second-order valence-electron chi connectivity index (χ2n) is 7.51. The van der Waals surface area contributed by atoms with Crippen LogP contribution in [0.2, 0.25) is 0 Å². The Hall–Kier alpha value is -1.08. The van der Waals surface area contributed by atoms with Gasteiger partial charge >= 0.3 is 0 Å². The van der Waals surface area contributed by atoms with Crippen molar-refractivity contribution in [2.75, 3.05) is 0 Å². The Morgan fingerprint density at radius 3 is 2.61 bits per heavy atom. The fourth-order valence-corrected chi connectivity index (χ4v) is 2.91. The van der Waals surface area contributed by atoms with Crippen molar-refractivity contribution in [3.05, 3.63) is 47.6 Å². The fraction of sp³-hybridized carbons (Fsp3) is 0.636. The van der Waals surface area contributed by atoms with Crippen molar-refractivity contribution in [3.8, 4) is 0 Å². The highest BCUT2D eigenvalue weighted by Crippen LogP contribution is 2.28. The number of hydrogen-bond donors (Lipinski definition) is 1. The molecule has 1 nitrogen and oxygen atoms in total. The Bertz CT molecular complexity index is 462. The van der Waals surface area contributed by atoms with E-state index in [0.29, 0.717) is 11.8 Å². The van der Waals surface area contributed by atoms with E-state index in [1.165, 1.54) is 11.1 Å². The van der Waals surface area contributed by atoms with Crippen LogP contribution in [0.25, 0.3) is 0 Å². The highest BCUT2D eigenvalue weighted by Gasteiger charge is 2.20. The molecule has 0 aromatic rings. The van der Waals surface area contributed by atoms with Gasteiger partial charge in [0.25, 0.3) is 0 Å². The molecular weight excluding hydrogens is 280 g/mol. The van der Waals surface area contributed by atoms with Gasteiger partial charge in [-0.2, -0.15) is 0 Å². The summed E-state index contributed by atoms with van der Waals surface area (Å²) in [4.78, 5) is 0. The first kappa shape index (κ1) is 20.0. The summed E-state index contributed by atoms with van der Waals surface area (Å²) in [6.45, 7) is 10.8. The molecule has 1 rings (SSSR count). The molecule has 3 atom stereocenters. The van der Waals surface area contributed by atoms with E-state index in [9.17, 15) is 5.11 Å². The minimum Gasteiger partial charge on any atom is -0.390 e. The number of rotatable bonds is 9. The zero-order chi connectivity index (χ0) is 17.3. The first-order valence-electron chi connectivity index (χ1n) is 9.22. The first-order valence-corrected chi connectivity index (χ1v) is 9.22. The summed E-state index contributed by atoms with van der Waals surface area (Å²) in [5.74, 6) is 1.25. The predicted octanol–water partition coefficient (Wildman–Crippen LogP) is 6.37. The van der Waals surface area contributed by atoms with Gasteiger partial charge in [-0.3, -0.25) is 0 Å². The molecule has 0 amide bonds. The number of hydrogen-bond acceptors (Lipinski definition) is 1. The van der Waals surface area contributed by atoms with Gasteiger partial charge in [0.05, 0.1) is 5.60 Å². The Labute approximate surface area is 143 Å². The van der Waals surface area contributed by atoms with Crippen LogP contribution in [0.5, 0.6) is 0 Å². The molecule has 0 heterocycles. The second kappa shape index (κ2) is 9.93. The van der Waals surface area contributed by atoms with E-state index in [-0.39, 0.29) is 0 Å². The lowest BCUT2D eigenvalue weighted by Crippen LogP contribution is -2.24. The van der Waals surface area contributed by atoms with E-state index in [2.05, 4.69) is 64.2 Å². The zero-order valence-corrected chi connectivity index (χ0v) is 15.8. The third kappa shape index (κ3) is 8.37. The quantitative estimate of drug-likeness (QED) is 0.490. The Morgan fingerprint density at radius 1 is 1.22 bits per heavy atom. The molecule has 1 aliphatic rings. The van der Waals surface area contributed by atoms with E-state index in [1.807, 2.05) is 6.92 Å². The number of allylic oxidation sites excluding steroid dienone is 8. The lowest BCUT2D eigenvalue weighted by Gasteiger charge is -2.25. The van der Waals surface area contributed by atoms with Crippen molar-refractivity contribution in [1.29, 1.82) is 0 Å². The van der Waals surface area contributed by atoms with Crippen LogP contribution in [-0.2, 0) is 0 Å². The van der Waals surface area contributed by atoms with Crippen molar-refractivity contribution in [2.24, 2.45) is 11.8 Å².